The summed E-state index contributed by atoms with van der Waals surface area (Å²) in [6.07, 6.45) is 4.87. The first-order valence-corrected chi connectivity index (χ1v) is 15.9. The molecule has 0 aromatic heterocycles. The first-order chi connectivity index (χ1) is 22.3. The Labute approximate surface area is 265 Å². The molecule has 0 saturated carbocycles. The molecule has 0 heterocycles. The molecule has 7 aromatic rings. The molecule has 0 amide bonds. The largest absolute Gasteiger partial charge is 0.0751 e. The van der Waals surface area contributed by atoms with Gasteiger partial charge in [-0.2, -0.15) is 0 Å². The molecule has 7 aromatic carbocycles. The molecule has 0 bridgehead atoms. The Morgan fingerprint density at radius 3 is 1.64 bits per heavy atom. The SMILES string of the molecule is C1=CC(C(c2ccccc2)(c2ccccc2)C2c3ccccc3-c3ccccc32)c2c1cccc2-c1ccc2ccccc2c1. The highest BCUT2D eigenvalue weighted by atomic mass is 14.5. The van der Waals surface area contributed by atoms with Crippen LogP contribution in [-0.4, -0.2) is 0 Å². The van der Waals surface area contributed by atoms with Crippen LogP contribution in [0.4, 0.5) is 0 Å². The van der Waals surface area contributed by atoms with Gasteiger partial charge in [-0.05, 0) is 72.5 Å². The van der Waals surface area contributed by atoms with E-state index in [1.54, 1.807) is 0 Å². The van der Waals surface area contributed by atoms with E-state index in [1.165, 1.54) is 66.4 Å². The Morgan fingerprint density at radius 1 is 0.422 bits per heavy atom. The number of hydrogen-bond acceptors (Lipinski definition) is 0. The minimum atomic E-state index is -0.417. The molecular formula is C45H32. The Hall–Kier alpha value is -5.46. The lowest BCUT2D eigenvalue weighted by Crippen LogP contribution is -2.40. The highest BCUT2D eigenvalue weighted by Crippen LogP contribution is 2.63. The first kappa shape index (κ1) is 26.0. The van der Waals surface area contributed by atoms with Crippen LogP contribution in [-0.2, 0) is 5.41 Å². The Balaban J connectivity index is 1.39. The smallest absolute Gasteiger partial charge is 0.0415 e. The van der Waals surface area contributed by atoms with Crippen LogP contribution in [0.2, 0.25) is 0 Å². The van der Waals surface area contributed by atoms with E-state index in [0.717, 1.165) is 0 Å². The second-order valence-corrected chi connectivity index (χ2v) is 12.4. The highest BCUT2D eigenvalue weighted by Gasteiger charge is 2.53. The third-order valence-electron chi connectivity index (χ3n) is 10.3. The van der Waals surface area contributed by atoms with Crippen molar-refractivity contribution in [1.29, 1.82) is 0 Å². The zero-order valence-electron chi connectivity index (χ0n) is 25.0. The molecule has 0 aliphatic heterocycles. The van der Waals surface area contributed by atoms with Crippen LogP contribution in [0.3, 0.4) is 0 Å². The fourth-order valence-corrected chi connectivity index (χ4v) is 8.47. The lowest BCUT2D eigenvalue weighted by atomic mass is 9.55. The minimum absolute atomic E-state index is 0.0872. The van der Waals surface area contributed by atoms with Crippen molar-refractivity contribution in [3.05, 3.63) is 209 Å². The van der Waals surface area contributed by atoms with E-state index in [-0.39, 0.29) is 11.8 Å². The van der Waals surface area contributed by atoms with Crippen LogP contribution in [0, 0.1) is 0 Å². The third-order valence-corrected chi connectivity index (χ3v) is 10.3. The van der Waals surface area contributed by atoms with Crippen LogP contribution >= 0.6 is 0 Å². The van der Waals surface area contributed by atoms with E-state index in [9.17, 15) is 0 Å². The van der Waals surface area contributed by atoms with Crippen LogP contribution in [0.1, 0.15) is 45.2 Å². The average molecular weight is 573 g/mol. The van der Waals surface area contributed by atoms with Gasteiger partial charge in [-0.1, -0.05) is 176 Å². The maximum absolute atomic E-state index is 2.50. The molecule has 1 unspecified atom stereocenters. The van der Waals surface area contributed by atoms with Crippen molar-refractivity contribution in [2.24, 2.45) is 0 Å². The predicted molar refractivity (Wildman–Crippen MR) is 189 cm³/mol. The van der Waals surface area contributed by atoms with E-state index in [4.69, 9.17) is 0 Å². The second-order valence-electron chi connectivity index (χ2n) is 12.4. The van der Waals surface area contributed by atoms with Crippen molar-refractivity contribution >= 4 is 16.8 Å². The zero-order valence-corrected chi connectivity index (χ0v) is 25.0. The third kappa shape index (κ3) is 3.85. The van der Waals surface area contributed by atoms with Gasteiger partial charge in [-0.3, -0.25) is 0 Å². The van der Waals surface area contributed by atoms with Crippen molar-refractivity contribution in [3.8, 4) is 22.3 Å². The number of fused-ring (bicyclic) bond motifs is 5. The number of allylic oxidation sites excluding steroid dienone is 1. The van der Waals surface area contributed by atoms with Gasteiger partial charge in [0, 0.05) is 17.3 Å². The second kappa shape index (κ2) is 10.3. The van der Waals surface area contributed by atoms with Crippen molar-refractivity contribution in [2.75, 3.05) is 0 Å². The zero-order chi connectivity index (χ0) is 29.8. The van der Waals surface area contributed by atoms with Gasteiger partial charge in [0.25, 0.3) is 0 Å². The van der Waals surface area contributed by atoms with E-state index in [0.29, 0.717) is 0 Å². The number of rotatable bonds is 5. The standard InChI is InChI=1S/C45H32/c1-3-17-35(18-4-1)45(36-19-5-2-6-20-36,44-40-23-11-9-21-38(40)39-22-10-12-24-41(39)44)42-29-28-32-16-13-25-37(43(32)42)34-27-26-31-14-7-8-15-33(31)30-34/h1-30,42,44H. The van der Waals surface area contributed by atoms with Gasteiger partial charge in [-0.25, -0.2) is 0 Å². The molecule has 0 radical (unpaired) electrons. The van der Waals surface area contributed by atoms with Gasteiger partial charge in [0.1, 0.15) is 0 Å². The molecule has 0 nitrogen and oxygen atoms in total. The van der Waals surface area contributed by atoms with E-state index < -0.39 is 5.41 Å². The molecule has 1 atom stereocenters. The van der Waals surface area contributed by atoms with E-state index in [1.807, 2.05) is 0 Å². The minimum Gasteiger partial charge on any atom is -0.0751 e. The molecule has 0 heteroatoms. The summed E-state index contributed by atoms with van der Waals surface area (Å²) >= 11 is 0. The summed E-state index contributed by atoms with van der Waals surface area (Å²) in [5.74, 6) is 0.198. The Morgan fingerprint density at radius 2 is 0.978 bits per heavy atom. The summed E-state index contributed by atoms with van der Waals surface area (Å²) in [7, 11) is 0. The molecular weight excluding hydrogens is 540 g/mol. The summed E-state index contributed by atoms with van der Waals surface area (Å²) in [5, 5.41) is 2.54. The maximum atomic E-state index is 2.50. The lowest BCUT2D eigenvalue weighted by molar-refractivity contribution is 0.417. The van der Waals surface area contributed by atoms with Gasteiger partial charge in [-0.15, -0.1) is 0 Å². The maximum Gasteiger partial charge on any atom is 0.0415 e. The van der Waals surface area contributed by atoms with Crippen molar-refractivity contribution < 1.29 is 0 Å². The van der Waals surface area contributed by atoms with E-state index >= 15 is 0 Å². The molecule has 9 rings (SSSR count). The first-order valence-electron chi connectivity index (χ1n) is 15.9. The van der Waals surface area contributed by atoms with Crippen LogP contribution in [0.15, 0.2) is 176 Å². The fourth-order valence-electron chi connectivity index (χ4n) is 8.47. The number of hydrogen-bond donors (Lipinski definition) is 0. The monoisotopic (exact) mass is 572 g/mol. The molecule has 0 N–H and O–H groups in total. The van der Waals surface area contributed by atoms with Crippen molar-refractivity contribution in [2.45, 2.75) is 17.3 Å². The van der Waals surface area contributed by atoms with Crippen LogP contribution in [0.25, 0.3) is 39.1 Å². The van der Waals surface area contributed by atoms with E-state index in [2.05, 4.69) is 182 Å². The Bertz CT molecular complexity index is 2140. The van der Waals surface area contributed by atoms with Gasteiger partial charge >= 0.3 is 0 Å². The van der Waals surface area contributed by atoms with Crippen LogP contribution < -0.4 is 0 Å². The fraction of sp³-hybridized carbons (Fsp3) is 0.0667. The van der Waals surface area contributed by atoms with Gasteiger partial charge in [0.15, 0.2) is 0 Å². The topological polar surface area (TPSA) is 0 Å². The number of benzene rings is 7. The normalized spacial score (nSPS) is 15.2. The molecule has 0 spiro atoms. The summed E-state index contributed by atoms with van der Waals surface area (Å²) in [6.45, 7) is 0. The molecule has 2 aliphatic rings. The highest BCUT2D eigenvalue weighted by molar-refractivity contribution is 5.90. The van der Waals surface area contributed by atoms with Crippen molar-refractivity contribution in [3.63, 3.8) is 0 Å². The average Bonchev–Trinajstić information content (AvgIpc) is 3.70. The summed E-state index contributed by atoms with van der Waals surface area (Å²) in [5.41, 5.74) is 13.0. The van der Waals surface area contributed by atoms with Crippen LogP contribution in [0.5, 0.6) is 0 Å². The summed E-state index contributed by atoms with van der Waals surface area (Å²) in [6, 6.07) is 63.3. The van der Waals surface area contributed by atoms with Gasteiger partial charge in [0.05, 0.1) is 0 Å². The summed E-state index contributed by atoms with van der Waals surface area (Å²) < 4.78 is 0. The summed E-state index contributed by atoms with van der Waals surface area (Å²) in [4.78, 5) is 0. The molecule has 2 aliphatic carbocycles. The van der Waals surface area contributed by atoms with Gasteiger partial charge in [0.2, 0.25) is 0 Å². The Kier molecular flexibility index (Phi) is 5.96. The molecule has 0 fully saturated rings. The molecule has 0 saturated heterocycles. The quantitative estimate of drug-likeness (QED) is 0.192. The molecule has 212 valence electrons. The lowest BCUT2D eigenvalue weighted by Gasteiger charge is -2.46. The van der Waals surface area contributed by atoms with Gasteiger partial charge < -0.3 is 0 Å². The van der Waals surface area contributed by atoms with Crippen molar-refractivity contribution in [1.82, 2.24) is 0 Å². The molecule has 45 heavy (non-hydrogen) atoms. The predicted octanol–water partition coefficient (Wildman–Crippen LogP) is 11.4.